The first-order valence-corrected chi connectivity index (χ1v) is 8.30. The number of methoxy groups -OCH3 is 1. The highest BCUT2D eigenvalue weighted by Crippen LogP contribution is 2.41. The van der Waals surface area contributed by atoms with E-state index < -0.39 is 0 Å². The molecule has 0 aliphatic carbocycles. The molecule has 6 nitrogen and oxygen atoms in total. The number of amides is 1. The summed E-state index contributed by atoms with van der Waals surface area (Å²) in [5.41, 5.74) is 5.03. The predicted octanol–water partition coefficient (Wildman–Crippen LogP) is 3.49. The molecule has 26 heavy (non-hydrogen) atoms. The van der Waals surface area contributed by atoms with E-state index in [1.54, 1.807) is 31.4 Å². The SMILES string of the molecule is COc1cc(/C=N\NC(=O)c2ccc(C(C)(C)C)cc2)cc2c1OCO2. The van der Waals surface area contributed by atoms with Crippen molar-refractivity contribution in [2.45, 2.75) is 26.2 Å². The van der Waals surface area contributed by atoms with Gasteiger partial charge in [0.15, 0.2) is 11.5 Å². The largest absolute Gasteiger partial charge is 0.493 e. The third-order valence-corrected chi connectivity index (χ3v) is 4.07. The standard InChI is InChI=1S/C20H22N2O4/c1-20(2,3)15-7-5-14(6-8-15)19(23)22-21-11-13-9-16(24-4)18-17(10-13)25-12-26-18/h5-11H,12H2,1-4H3,(H,22,23)/b21-11-. The van der Waals surface area contributed by atoms with E-state index in [2.05, 4.69) is 31.3 Å². The molecule has 1 heterocycles. The maximum absolute atomic E-state index is 12.2. The van der Waals surface area contributed by atoms with Crippen LogP contribution < -0.4 is 19.6 Å². The normalized spacial score (nSPS) is 13.1. The molecule has 0 spiro atoms. The summed E-state index contributed by atoms with van der Waals surface area (Å²) in [6.45, 7) is 6.55. The summed E-state index contributed by atoms with van der Waals surface area (Å²) in [4.78, 5) is 12.2. The van der Waals surface area contributed by atoms with Gasteiger partial charge in [-0.15, -0.1) is 0 Å². The fraction of sp³-hybridized carbons (Fsp3) is 0.300. The van der Waals surface area contributed by atoms with Crippen molar-refractivity contribution in [2.24, 2.45) is 5.10 Å². The minimum atomic E-state index is -0.269. The maximum atomic E-state index is 12.2. The van der Waals surface area contributed by atoms with Gasteiger partial charge in [-0.2, -0.15) is 5.10 Å². The van der Waals surface area contributed by atoms with Crippen molar-refractivity contribution in [3.05, 3.63) is 53.1 Å². The number of benzene rings is 2. The number of rotatable bonds is 4. The number of carbonyl (C=O) groups excluding carboxylic acids is 1. The maximum Gasteiger partial charge on any atom is 0.271 e. The molecule has 1 N–H and O–H groups in total. The molecular formula is C20H22N2O4. The molecule has 3 rings (SSSR count). The van der Waals surface area contributed by atoms with E-state index in [1.807, 2.05) is 12.1 Å². The average molecular weight is 354 g/mol. The van der Waals surface area contributed by atoms with Crippen LogP contribution >= 0.6 is 0 Å². The number of ether oxygens (including phenoxy) is 3. The molecule has 0 unspecified atom stereocenters. The second kappa shape index (κ2) is 7.07. The number of nitrogens with zero attached hydrogens (tertiary/aromatic N) is 1. The fourth-order valence-electron chi connectivity index (χ4n) is 2.58. The number of nitrogens with one attached hydrogen (secondary N) is 1. The first-order chi connectivity index (χ1) is 12.4. The zero-order valence-electron chi connectivity index (χ0n) is 15.3. The van der Waals surface area contributed by atoms with Gasteiger partial charge in [0.2, 0.25) is 12.5 Å². The highest BCUT2D eigenvalue weighted by atomic mass is 16.7. The lowest BCUT2D eigenvalue weighted by Crippen LogP contribution is -2.18. The molecule has 1 amide bonds. The smallest absolute Gasteiger partial charge is 0.271 e. The van der Waals surface area contributed by atoms with Crippen molar-refractivity contribution in [2.75, 3.05) is 13.9 Å². The van der Waals surface area contributed by atoms with Gasteiger partial charge in [-0.3, -0.25) is 4.79 Å². The van der Waals surface area contributed by atoms with Crippen molar-refractivity contribution >= 4 is 12.1 Å². The van der Waals surface area contributed by atoms with Crippen LogP contribution in [0.2, 0.25) is 0 Å². The molecule has 0 fully saturated rings. The molecular weight excluding hydrogens is 332 g/mol. The number of fused-ring (bicyclic) bond motifs is 1. The van der Waals surface area contributed by atoms with Gasteiger partial charge in [0.25, 0.3) is 5.91 Å². The molecule has 2 aromatic carbocycles. The molecule has 0 atom stereocenters. The molecule has 0 bridgehead atoms. The zero-order chi connectivity index (χ0) is 18.7. The third-order valence-electron chi connectivity index (χ3n) is 4.07. The summed E-state index contributed by atoms with van der Waals surface area (Å²) in [5.74, 6) is 1.46. The summed E-state index contributed by atoms with van der Waals surface area (Å²) in [5, 5.41) is 4.01. The van der Waals surface area contributed by atoms with Gasteiger partial charge >= 0.3 is 0 Å². The van der Waals surface area contributed by atoms with E-state index in [0.717, 1.165) is 5.56 Å². The lowest BCUT2D eigenvalue weighted by atomic mass is 9.87. The molecule has 0 saturated carbocycles. The highest BCUT2D eigenvalue weighted by molar-refractivity contribution is 5.95. The average Bonchev–Trinajstić information content (AvgIpc) is 3.09. The topological polar surface area (TPSA) is 69.2 Å². The van der Waals surface area contributed by atoms with E-state index in [0.29, 0.717) is 22.8 Å². The van der Waals surface area contributed by atoms with Crippen LogP contribution in [-0.2, 0) is 5.41 Å². The summed E-state index contributed by atoms with van der Waals surface area (Å²) in [6, 6.07) is 11.1. The minimum absolute atomic E-state index is 0.0472. The second-order valence-corrected chi connectivity index (χ2v) is 6.98. The van der Waals surface area contributed by atoms with Gasteiger partial charge in [0, 0.05) is 11.1 Å². The molecule has 0 radical (unpaired) electrons. The first-order valence-electron chi connectivity index (χ1n) is 8.30. The zero-order valence-corrected chi connectivity index (χ0v) is 15.3. The van der Waals surface area contributed by atoms with Gasteiger partial charge in [-0.25, -0.2) is 5.43 Å². The van der Waals surface area contributed by atoms with Crippen LogP contribution in [0, 0.1) is 0 Å². The van der Waals surface area contributed by atoms with E-state index >= 15 is 0 Å². The second-order valence-electron chi connectivity index (χ2n) is 6.98. The first kappa shape index (κ1) is 17.8. The molecule has 2 aromatic rings. The molecule has 136 valence electrons. The van der Waals surface area contributed by atoms with Crippen molar-refractivity contribution in [1.29, 1.82) is 0 Å². The van der Waals surface area contributed by atoms with Crippen LogP contribution in [0.5, 0.6) is 17.2 Å². The summed E-state index contributed by atoms with van der Waals surface area (Å²) in [7, 11) is 1.56. The third kappa shape index (κ3) is 3.79. The Balaban J connectivity index is 1.68. The van der Waals surface area contributed by atoms with Gasteiger partial charge in [-0.1, -0.05) is 32.9 Å². The lowest BCUT2D eigenvalue weighted by Gasteiger charge is -2.18. The Morgan fingerprint density at radius 2 is 1.92 bits per heavy atom. The molecule has 0 saturated heterocycles. The Morgan fingerprint density at radius 1 is 1.19 bits per heavy atom. The van der Waals surface area contributed by atoms with Crippen molar-refractivity contribution in [1.82, 2.24) is 5.43 Å². The van der Waals surface area contributed by atoms with Crippen LogP contribution in [0.1, 0.15) is 42.3 Å². The highest BCUT2D eigenvalue weighted by Gasteiger charge is 2.19. The quantitative estimate of drug-likeness (QED) is 0.674. The Hall–Kier alpha value is -3.02. The summed E-state index contributed by atoms with van der Waals surface area (Å²) >= 11 is 0. The minimum Gasteiger partial charge on any atom is -0.493 e. The number of carbonyl (C=O) groups is 1. The molecule has 6 heteroatoms. The number of hydrogen-bond donors (Lipinski definition) is 1. The van der Waals surface area contributed by atoms with E-state index in [1.165, 1.54) is 11.8 Å². The lowest BCUT2D eigenvalue weighted by molar-refractivity contribution is 0.0955. The predicted molar refractivity (Wildman–Crippen MR) is 99.3 cm³/mol. The Bertz CT molecular complexity index is 836. The van der Waals surface area contributed by atoms with Gasteiger partial charge < -0.3 is 14.2 Å². The van der Waals surface area contributed by atoms with Crippen LogP contribution in [0.4, 0.5) is 0 Å². The van der Waals surface area contributed by atoms with Gasteiger partial charge in [-0.05, 0) is 35.2 Å². The van der Waals surface area contributed by atoms with E-state index in [9.17, 15) is 4.79 Å². The van der Waals surface area contributed by atoms with Crippen molar-refractivity contribution in [3.63, 3.8) is 0 Å². The Labute approximate surface area is 152 Å². The number of hydrazone groups is 1. The van der Waals surface area contributed by atoms with E-state index in [4.69, 9.17) is 14.2 Å². The monoisotopic (exact) mass is 354 g/mol. The van der Waals surface area contributed by atoms with Crippen LogP contribution in [0.25, 0.3) is 0 Å². The Kier molecular flexibility index (Phi) is 4.84. The van der Waals surface area contributed by atoms with Crippen molar-refractivity contribution in [3.8, 4) is 17.2 Å². The van der Waals surface area contributed by atoms with Gasteiger partial charge in [0.05, 0.1) is 13.3 Å². The van der Waals surface area contributed by atoms with E-state index in [-0.39, 0.29) is 18.1 Å². The Morgan fingerprint density at radius 3 is 2.58 bits per heavy atom. The van der Waals surface area contributed by atoms with Crippen LogP contribution in [-0.4, -0.2) is 26.0 Å². The summed E-state index contributed by atoms with van der Waals surface area (Å²) < 4.78 is 16.0. The molecule has 1 aliphatic rings. The molecule has 0 aromatic heterocycles. The van der Waals surface area contributed by atoms with Crippen LogP contribution in [0.15, 0.2) is 41.5 Å². The van der Waals surface area contributed by atoms with Gasteiger partial charge in [0.1, 0.15) is 0 Å². The summed E-state index contributed by atoms with van der Waals surface area (Å²) in [6.07, 6.45) is 1.53. The van der Waals surface area contributed by atoms with Crippen LogP contribution in [0.3, 0.4) is 0 Å². The fourth-order valence-corrected chi connectivity index (χ4v) is 2.58. The molecule has 1 aliphatic heterocycles. The van der Waals surface area contributed by atoms with Crippen molar-refractivity contribution < 1.29 is 19.0 Å². The number of hydrogen-bond acceptors (Lipinski definition) is 5.